The molecule has 2 fully saturated rings. The number of carbonyl (C=O) groups excluding carboxylic acids is 1. The molecule has 0 spiro atoms. The quantitative estimate of drug-likeness (QED) is 0.764. The van der Waals surface area contributed by atoms with Gasteiger partial charge >= 0.3 is 0 Å². The molecular weight excluding hydrogens is 364 g/mol. The summed E-state index contributed by atoms with van der Waals surface area (Å²) >= 11 is 0. The van der Waals surface area contributed by atoms with Crippen LogP contribution in [-0.4, -0.2) is 61.8 Å². The van der Waals surface area contributed by atoms with Crippen molar-refractivity contribution in [3.8, 4) is 0 Å². The largest absolute Gasteiger partial charge is 0.385 e. The fourth-order valence-corrected chi connectivity index (χ4v) is 4.61. The number of piperazine rings is 1. The topological polar surface area (TPSA) is 56.8 Å². The van der Waals surface area contributed by atoms with Crippen molar-refractivity contribution in [2.75, 3.05) is 43.1 Å². The molecule has 0 aliphatic carbocycles. The van der Waals surface area contributed by atoms with Gasteiger partial charge in [-0.25, -0.2) is 0 Å². The zero-order valence-electron chi connectivity index (χ0n) is 18.1. The van der Waals surface area contributed by atoms with Crippen molar-refractivity contribution in [2.24, 2.45) is 0 Å². The van der Waals surface area contributed by atoms with E-state index < -0.39 is 0 Å². The molecule has 0 saturated carbocycles. The van der Waals surface area contributed by atoms with Gasteiger partial charge in [0.2, 0.25) is 0 Å². The Labute approximate surface area is 174 Å². The molecule has 2 saturated heterocycles. The highest BCUT2D eigenvalue weighted by Crippen LogP contribution is 2.42. The average molecular weight is 399 g/mol. The average Bonchev–Trinajstić information content (AvgIpc) is 2.99. The summed E-state index contributed by atoms with van der Waals surface area (Å²) in [4.78, 5) is 18.2. The maximum atomic E-state index is 13.7. The summed E-state index contributed by atoms with van der Waals surface area (Å²) in [5.74, 6) is 0.140. The second-order valence-electron chi connectivity index (χ2n) is 8.89. The molecule has 0 atom stereocenters. The van der Waals surface area contributed by atoms with E-state index in [0.29, 0.717) is 12.1 Å². The number of amides is 1. The molecule has 158 valence electrons. The number of hydrogen-bond donors (Lipinski definition) is 2. The molecule has 6 nitrogen and oxygen atoms in total. The summed E-state index contributed by atoms with van der Waals surface area (Å²) in [5.41, 5.74) is 5.08. The third-order valence-electron chi connectivity index (χ3n) is 6.10. The van der Waals surface area contributed by atoms with Gasteiger partial charge < -0.3 is 20.3 Å². The van der Waals surface area contributed by atoms with E-state index in [-0.39, 0.29) is 11.9 Å². The maximum absolute atomic E-state index is 13.7. The molecule has 6 heteroatoms. The van der Waals surface area contributed by atoms with E-state index in [9.17, 15) is 4.79 Å². The third-order valence-corrected chi connectivity index (χ3v) is 6.10. The number of ether oxygens (including phenoxy) is 1. The van der Waals surface area contributed by atoms with Crippen molar-refractivity contribution in [3.05, 3.63) is 29.5 Å². The minimum absolute atomic E-state index is 0.140. The number of nitrogens with one attached hydrogen (secondary N) is 2. The standard InChI is InChI=1S/C23H34N4O2/c1-15(2)25-17-5-6-21-19(13-17)22(20-14-26(16(3)4)10-9-24-20)23(28)27(21)18-7-11-29-12-8-18/h5-6,13,15-16,18,24-25H,7-12,14H2,1-4H3/b22-20-. The highest BCUT2D eigenvalue weighted by Gasteiger charge is 2.40. The first kappa shape index (κ1) is 20.2. The van der Waals surface area contributed by atoms with E-state index in [4.69, 9.17) is 4.74 Å². The fraction of sp³-hybridized carbons (Fsp3) is 0.609. The van der Waals surface area contributed by atoms with Crippen LogP contribution in [0.25, 0.3) is 5.57 Å². The second-order valence-corrected chi connectivity index (χ2v) is 8.89. The first-order chi connectivity index (χ1) is 14.0. The minimum Gasteiger partial charge on any atom is -0.385 e. The smallest absolute Gasteiger partial charge is 0.261 e. The first-order valence-corrected chi connectivity index (χ1v) is 11.0. The Kier molecular flexibility index (Phi) is 5.83. The van der Waals surface area contributed by atoms with Gasteiger partial charge in [-0.1, -0.05) is 0 Å². The zero-order chi connectivity index (χ0) is 20.5. The molecule has 1 aromatic carbocycles. The molecule has 0 aromatic heterocycles. The molecule has 0 radical (unpaired) electrons. The van der Waals surface area contributed by atoms with Gasteiger partial charge in [-0.2, -0.15) is 0 Å². The molecule has 1 amide bonds. The summed E-state index contributed by atoms with van der Waals surface area (Å²) in [6.07, 6.45) is 1.79. The van der Waals surface area contributed by atoms with Crippen LogP contribution in [0.15, 0.2) is 23.9 Å². The van der Waals surface area contributed by atoms with Crippen molar-refractivity contribution < 1.29 is 9.53 Å². The summed E-state index contributed by atoms with van der Waals surface area (Å²) < 4.78 is 5.55. The van der Waals surface area contributed by atoms with Gasteiger partial charge in [0, 0.05) is 67.9 Å². The predicted octanol–water partition coefficient (Wildman–Crippen LogP) is 3.06. The van der Waals surface area contributed by atoms with Crippen molar-refractivity contribution in [1.29, 1.82) is 0 Å². The van der Waals surface area contributed by atoms with E-state index in [2.05, 4.69) is 61.4 Å². The fourth-order valence-electron chi connectivity index (χ4n) is 4.61. The van der Waals surface area contributed by atoms with Crippen LogP contribution in [-0.2, 0) is 9.53 Å². The van der Waals surface area contributed by atoms with E-state index in [1.807, 2.05) is 4.90 Å². The molecule has 0 bridgehead atoms. The lowest BCUT2D eigenvalue weighted by Gasteiger charge is -2.34. The van der Waals surface area contributed by atoms with Crippen LogP contribution in [0.4, 0.5) is 11.4 Å². The molecule has 3 aliphatic heterocycles. The van der Waals surface area contributed by atoms with Crippen molar-refractivity contribution in [3.63, 3.8) is 0 Å². The molecule has 2 N–H and O–H groups in total. The van der Waals surface area contributed by atoms with Crippen LogP contribution in [0.5, 0.6) is 0 Å². The third kappa shape index (κ3) is 4.01. The SMILES string of the molecule is CC(C)Nc1ccc2c(c1)/C(=C1\CN(C(C)C)CCN1)C(=O)N2C1CCOCC1. The molecule has 1 aromatic rings. The summed E-state index contributed by atoms with van der Waals surface area (Å²) in [5, 5.41) is 7.04. The van der Waals surface area contributed by atoms with Crippen molar-refractivity contribution in [2.45, 2.75) is 58.7 Å². The van der Waals surface area contributed by atoms with Crippen molar-refractivity contribution in [1.82, 2.24) is 10.2 Å². The van der Waals surface area contributed by atoms with Crippen LogP contribution < -0.4 is 15.5 Å². The molecule has 3 heterocycles. The molecule has 0 unspecified atom stereocenters. The lowest BCUT2D eigenvalue weighted by molar-refractivity contribution is -0.113. The number of rotatable bonds is 4. The summed E-state index contributed by atoms with van der Waals surface area (Å²) in [7, 11) is 0. The first-order valence-electron chi connectivity index (χ1n) is 11.0. The van der Waals surface area contributed by atoms with E-state index in [1.165, 1.54) is 0 Å². The number of fused-ring (bicyclic) bond motifs is 1. The van der Waals surface area contributed by atoms with Gasteiger partial charge in [0.15, 0.2) is 0 Å². The second kappa shape index (κ2) is 8.36. The number of anilines is 2. The van der Waals surface area contributed by atoms with Gasteiger partial charge in [0.05, 0.1) is 11.3 Å². The zero-order valence-corrected chi connectivity index (χ0v) is 18.1. The van der Waals surface area contributed by atoms with Gasteiger partial charge in [0.1, 0.15) is 0 Å². The number of benzene rings is 1. The van der Waals surface area contributed by atoms with Gasteiger partial charge in [-0.05, 0) is 58.7 Å². The van der Waals surface area contributed by atoms with Gasteiger partial charge in [-0.15, -0.1) is 0 Å². The molecule has 4 rings (SSSR count). The summed E-state index contributed by atoms with van der Waals surface area (Å²) in [6.45, 7) is 12.8. The van der Waals surface area contributed by atoms with Crippen LogP contribution in [0, 0.1) is 0 Å². The lowest BCUT2D eigenvalue weighted by atomic mass is 10.0. The predicted molar refractivity (Wildman–Crippen MR) is 118 cm³/mol. The highest BCUT2D eigenvalue weighted by atomic mass is 16.5. The monoisotopic (exact) mass is 398 g/mol. The molecular formula is C23H34N4O2. The Morgan fingerprint density at radius 1 is 1.17 bits per heavy atom. The minimum atomic E-state index is 0.140. The Morgan fingerprint density at radius 3 is 2.62 bits per heavy atom. The molecule has 3 aliphatic rings. The van der Waals surface area contributed by atoms with Gasteiger partial charge in [-0.3, -0.25) is 9.69 Å². The Hall–Kier alpha value is -2.05. The van der Waals surface area contributed by atoms with E-state index >= 15 is 0 Å². The van der Waals surface area contributed by atoms with Crippen LogP contribution in [0.3, 0.4) is 0 Å². The Morgan fingerprint density at radius 2 is 1.93 bits per heavy atom. The van der Waals surface area contributed by atoms with E-state index in [1.54, 1.807) is 0 Å². The Bertz CT molecular complexity index is 796. The normalized spacial score (nSPS) is 23.7. The van der Waals surface area contributed by atoms with Crippen LogP contribution in [0.1, 0.15) is 46.1 Å². The summed E-state index contributed by atoms with van der Waals surface area (Å²) in [6, 6.07) is 7.39. The number of nitrogens with zero attached hydrogens (tertiary/aromatic N) is 2. The lowest BCUT2D eigenvalue weighted by Crippen LogP contribution is -2.46. The number of hydrogen-bond acceptors (Lipinski definition) is 5. The maximum Gasteiger partial charge on any atom is 0.261 e. The Balaban J connectivity index is 1.77. The molecule has 29 heavy (non-hydrogen) atoms. The number of carbonyl (C=O) groups is 1. The van der Waals surface area contributed by atoms with Crippen molar-refractivity contribution >= 4 is 22.9 Å². The highest BCUT2D eigenvalue weighted by molar-refractivity contribution is 6.33. The van der Waals surface area contributed by atoms with Crippen LogP contribution in [0.2, 0.25) is 0 Å². The van der Waals surface area contributed by atoms with Crippen LogP contribution >= 0.6 is 0 Å². The van der Waals surface area contributed by atoms with Gasteiger partial charge in [0.25, 0.3) is 5.91 Å². The van der Waals surface area contributed by atoms with E-state index in [0.717, 1.165) is 73.9 Å².